The Kier molecular flexibility index (Phi) is 4.20. The van der Waals surface area contributed by atoms with E-state index in [2.05, 4.69) is 20.9 Å². The van der Waals surface area contributed by atoms with Crippen molar-refractivity contribution in [3.05, 3.63) is 33.9 Å². The number of aromatic nitrogens is 1. The number of ether oxygens (including phenoxy) is 2. The lowest BCUT2D eigenvalue weighted by Gasteiger charge is -2.07. The maximum absolute atomic E-state index is 6.11. The van der Waals surface area contributed by atoms with Crippen molar-refractivity contribution in [2.75, 3.05) is 20.3 Å². The molecule has 0 N–H and O–H groups in total. The first-order valence-corrected chi connectivity index (χ1v) is 6.25. The summed E-state index contributed by atoms with van der Waals surface area (Å²) < 4.78 is 11.1. The minimum absolute atomic E-state index is 0.518. The van der Waals surface area contributed by atoms with E-state index in [4.69, 9.17) is 21.1 Å². The van der Waals surface area contributed by atoms with E-state index in [-0.39, 0.29) is 0 Å². The van der Waals surface area contributed by atoms with Gasteiger partial charge in [-0.25, -0.2) is 4.98 Å². The Hall–Kier alpha value is -0.840. The zero-order chi connectivity index (χ0) is 12.3. The highest BCUT2D eigenvalue weighted by Crippen LogP contribution is 2.28. The van der Waals surface area contributed by atoms with Crippen LogP contribution < -0.4 is 4.74 Å². The Morgan fingerprint density at radius 2 is 2.12 bits per heavy atom. The third-order valence-corrected chi connectivity index (χ3v) is 2.97. The quantitative estimate of drug-likeness (QED) is 0.637. The van der Waals surface area contributed by atoms with Crippen molar-refractivity contribution in [3.63, 3.8) is 0 Å². The molecule has 0 amide bonds. The number of pyridine rings is 1. The maximum atomic E-state index is 6.11. The smallest absolute Gasteiger partial charge is 0.121 e. The van der Waals surface area contributed by atoms with Crippen LogP contribution in [0.2, 0.25) is 5.02 Å². The molecule has 0 aliphatic carbocycles. The fourth-order valence-corrected chi connectivity index (χ4v) is 2.28. The summed E-state index contributed by atoms with van der Waals surface area (Å²) in [6.07, 6.45) is 0. The first-order chi connectivity index (χ1) is 8.20. The average Bonchev–Trinajstić information content (AvgIpc) is 2.28. The Balaban J connectivity index is 2.30. The number of methoxy groups -OCH3 is 1. The second kappa shape index (κ2) is 5.67. The molecular weight excluding hydrogens is 305 g/mol. The monoisotopic (exact) mass is 315 g/mol. The minimum Gasteiger partial charge on any atom is -0.491 e. The van der Waals surface area contributed by atoms with Gasteiger partial charge in [0.1, 0.15) is 17.0 Å². The predicted octanol–water partition coefficient (Wildman–Crippen LogP) is 3.68. The van der Waals surface area contributed by atoms with Gasteiger partial charge in [-0.05, 0) is 34.1 Å². The molecule has 1 aromatic carbocycles. The largest absolute Gasteiger partial charge is 0.491 e. The van der Waals surface area contributed by atoms with Crippen molar-refractivity contribution < 1.29 is 9.47 Å². The molecule has 2 rings (SSSR count). The Bertz CT molecular complexity index is 533. The highest BCUT2D eigenvalue weighted by atomic mass is 79.9. The summed E-state index contributed by atoms with van der Waals surface area (Å²) in [5.41, 5.74) is 0.805. The lowest BCUT2D eigenvalue weighted by Crippen LogP contribution is -2.04. The second-order valence-corrected chi connectivity index (χ2v) is 4.67. The van der Waals surface area contributed by atoms with Gasteiger partial charge in [0.2, 0.25) is 0 Å². The Morgan fingerprint density at radius 1 is 1.29 bits per heavy atom. The van der Waals surface area contributed by atoms with E-state index in [0.717, 1.165) is 16.7 Å². The summed E-state index contributed by atoms with van der Waals surface area (Å²) in [7, 11) is 1.64. The summed E-state index contributed by atoms with van der Waals surface area (Å²) >= 11 is 9.43. The fraction of sp³-hybridized carbons (Fsp3) is 0.250. The van der Waals surface area contributed by atoms with Crippen molar-refractivity contribution in [3.8, 4) is 5.75 Å². The molecule has 1 heterocycles. The van der Waals surface area contributed by atoms with Crippen LogP contribution in [0.1, 0.15) is 0 Å². The van der Waals surface area contributed by atoms with Gasteiger partial charge in [-0.1, -0.05) is 11.6 Å². The van der Waals surface area contributed by atoms with Gasteiger partial charge in [0.05, 0.1) is 17.1 Å². The van der Waals surface area contributed by atoms with E-state index >= 15 is 0 Å². The highest BCUT2D eigenvalue weighted by Gasteiger charge is 2.04. The standard InChI is InChI=1S/C12H11BrClNO2/c1-16-4-5-17-8-2-3-9-10(14)7-12(13)15-11(9)6-8/h2-3,6-7H,4-5H2,1H3. The molecule has 0 aliphatic heterocycles. The van der Waals surface area contributed by atoms with E-state index in [1.54, 1.807) is 13.2 Å². The summed E-state index contributed by atoms with van der Waals surface area (Å²) in [6.45, 7) is 1.08. The lowest BCUT2D eigenvalue weighted by molar-refractivity contribution is 0.146. The van der Waals surface area contributed by atoms with Crippen molar-refractivity contribution >= 4 is 38.4 Å². The van der Waals surface area contributed by atoms with Gasteiger partial charge in [0, 0.05) is 18.6 Å². The van der Waals surface area contributed by atoms with Gasteiger partial charge >= 0.3 is 0 Å². The van der Waals surface area contributed by atoms with E-state index in [1.165, 1.54) is 0 Å². The number of halogens is 2. The number of fused-ring (bicyclic) bond motifs is 1. The molecule has 0 unspecified atom stereocenters. The zero-order valence-electron chi connectivity index (χ0n) is 9.24. The predicted molar refractivity (Wildman–Crippen MR) is 71.8 cm³/mol. The van der Waals surface area contributed by atoms with Crippen molar-refractivity contribution in [2.24, 2.45) is 0 Å². The molecule has 0 atom stereocenters. The summed E-state index contributed by atoms with van der Waals surface area (Å²) in [5.74, 6) is 0.760. The van der Waals surface area contributed by atoms with E-state index in [1.807, 2.05) is 18.2 Å². The van der Waals surface area contributed by atoms with Crippen molar-refractivity contribution in [1.82, 2.24) is 4.98 Å². The number of hydrogen-bond acceptors (Lipinski definition) is 3. The van der Waals surface area contributed by atoms with Gasteiger partial charge in [-0.15, -0.1) is 0 Å². The number of rotatable bonds is 4. The van der Waals surface area contributed by atoms with Gasteiger partial charge < -0.3 is 9.47 Å². The first kappa shape index (κ1) is 12.6. The van der Waals surface area contributed by atoms with Gasteiger partial charge in [0.25, 0.3) is 0 Å². The van der Waals surface area contributed by atoms with Crippen LogP contribution in [0.4, 0.5) is 0 Å². The minimum atomic E-state index is 0.518. The molecule has 0 saturated carbocycles. The SMILES string of the molecule is COCCOc1ccc2c(Cl)cc(Br)nc2c1. The maximum Gasteiger partial charge on any atom is 0.121 e. The molecule has 0 fully saturated rings. The summed E-state index contributed by atoms with van der Waals surface area (Å²) in [5, 5.41) is 1.58. The molecule has 17 heavy (non-hydrogen) atoms. The van der Waals surface area contributed by atoms with Crippen molar-refractivity contribution in [2.45, 2.75) is 0 Å². The number of nitrogens with zero attached hydrogens (tertiary/aromatic N) is 1. The lowest BCUT2D eigenvalue weighted by atomic mass is 10.2. The Labute approximate surface area is 113 Å². The fourth-order valence-electron chi connectivity index (χ4n) is 1.47. The zero-order valence-corrected chi connectivity index (χ0v) is 11.6. The third-order valence-electron chi connectivity index (χ3n) is 2.26. The molecule has 0 radical (unpaired) electrons. The van der Waals surface area contributed by atoms with Crippen LogP contribution in [0.15, 0.2) is 28.9 Å². The molecular formula is C12H11BrClNO2. The molecule has 0 saturated heterocycles. The topological polar surface area (TPSA) is 31.4 Å². The van der Waals surface area contributed by atoms with Crippen LogP contribution in [0.5, 0.6) is 5.75 Å². The third kappa shape index (κ3) is 3.09. The molecule has 0 aliphatic rings. The van der Waals surface area contributed by atoms with E-state index in [9.17, 15) is 0 Å². The van der Waals surface area contributed by atoms with Gasteiger partial charge in [-0.3, -0.25) is 0 Å². The molecule has 0 spiro atoms. The highest BCUT2D eigenvalue weighted by molar-refractivity contribution is 9.10. The number of hydrogen-bond donors (Lipinski definition) is 0. The number of benzene rings is 1. The Morgan fingerprint density at radius 3 is 2.88 bits per heavy atom. The van der Waals surface area contributed by atoms with Crippen LogP contribution in [-0.4, -0.2) is 25.3 Å². The van der Waals surface area contributed by atoms with Crippen LogP contribution in [0.3, 0.4) is 0 Å². The van der Waals surface area contributed by atoms with E-state index < -0.39 is 0 Å². The van der Waals surface area contributed by atoms with Gasteiger partial charge in [0.15, 0.2) is 0 Å². The summed E-state index contributed by atoms with van der Waals surface area (Å²) in [6, 6.07) is 7.41. The molecule has 5 heteroatoms. The average molecular weight is 317 g/mol. The van der Waals surface area contributed by atoms with Crippen LogP contribution in [0.25, 0.3) is 10.9 Å². The summed E-state index contributed by atoms with van der Waals surface area (Å²) in [4.78, 5) is 4.35. The van der Waals surface area contributed by atoms with Crippen molar-refractivity contribution in [1.29, 1.82) is 0 Å². The molecule has 0 bridgehead atoms. The normalized spacial score (nSPS) is 10.8. The van der Waals surface area contributed by atoms with Crippen LogP contribution in [-0.2, 0) is 4.74 Å². The molecule has 90 valence electrons. The molecule has 3 nitrogen and oxygen atoms in total. The molecule has 1 aromatic heterocycles. The second-order valence-electron chi connectivity index (χ2n) is 3.45. The van der Waals surface area contributed by atoms with Crippen LogP contribution >= 0.6 is 27.5 Å². The van der Waals surface area contributed by atoms with Crippen LogP contribution in [0, 0.1) is 0 Å². The molecule has 2 aromatic rings. The van der Waals surface area contributed by atoms with Gasteiger partial charge in [-0.2, -0.15) is 0 Å². The first-order valence-electron chi connectivity index (χ1n) is 5.08. The van der Waals surface area contributed by atoms with E-state index in [0.29, 0.717) is 22.8 Å².